The van der Waals surface area contributed by atoms with Crippen molar-refractivity contribution < 1.29 is 39.3 Å². The fourth-order valence-electron chi connectivity index (χ4n) is 0.147. The second-order valence-corrected chi connectivity index (χ2v) is 2.34. The van der Waals surface area contributed by atoms with Gasteiger partial charge in [-0.15, -0.1) is 0 Å². The topological polar surface area (TPSA) is 121 Å². The third kappa shape index (κ3) is 12.2. The average molecular weight is 449 g/mol. The van der Waals surface area contributed by atoms with E-state index in [1.165, 1.54) is 0 Å². The number of phosphoric ester groups is 1. The van der Waals surface area contributed by atoms with Gasteiger partial charge in [-0.25, -0.2) is 14.2 Å². The van der Waals surface area contributed by atoms with Gasteiger partial charge in [0.1, 0.15) is 0 Å². The van der Waals surface area contributed by atoms with Crippen molar-refractivity contribution in [1.29, 1.82) is 0 Å². The summed E-state index contributed by atoms with van der Waals surface area (Å²) < 4.78 is 12.9. The molecule has 0 rings (SSSR count). The van der Waals surface area contributed by atoms with Gasteiger partial charge in [0.05, 0.1) is 0 Å². The van der Waals surface area contributed by atoms with Crippen LogP contribution in [0.1, 0.15) is 5.71 Å². The van der Waals surface area contributed by atoms with Crippen LogP contribution in [0.4, 0.5) is 0 Å². The first kappa shape index (κ1) is 19.8. The van der Waals surface area contributed by atoms with E-state index in [1.807, 2.05) is 0 Å². The van der Waals surface area contributed by atoms with Crippen molar-refractivity contribution in [1.82, 2.24) is 0 Å². The number of rotatable bonds is 1. The summed E-state index contributed by atoms with van der Waals surface area (Å²) in [6, 6.07) is 0. The zero-order chi connectivity index (χ0) is 8.36. The number of aliphatic carboxylic acids is 1. The molecule has 7 nitrogen and oxygen atoms in total. The monoisotopic (exact) mass is 450 g/mol. The summed E-state index contributed by atoms with van der Waals surface area (Å²) in [7, 11) is -5.01. The largest absolute Gasteiger partial charge is 2.00 e. The van der Waals surface area contributed by atoms with Gasteiger partial charge >= 0.3 is 118 Å². The predicted molar refractivity (Wildman–Crippen MR) is 41.7 cm³/mol. The third-order valence-electron chi connectivity index (χ3n) is 0.376. The van der Waals surface area contributed by atoms with E-state index in [-0.39, 0.29) is 103 Å². The number of hydrogen-bond acceptors (Lipinski definition) is 4. The van der Waals surface area contributed by atoms with Crippen LogP contribution in [0.2, 0.25) is 0 Å². The molecular weight excluding hydrogens is 442 g/mol. The summed E-state index contributed by atoms with van der Waals surface area (Å²) in [5.74, 6) is -4.03. The van der Waals surface area contributed by atoms with E-state index in [9.17, 15) is 14.2 Å². The maximum absolute atomic E-state index is 9.84. The van der Waals surface area contributed by atoms with Crippen molar-refractivity contribution >= 4 is 118 Å². The molecule has 0 bridgehead atoms. The number of carbonyl (C=O) groups excluding carboxylic acids is 1. The van der Waals surface area contributed by atoms with Crippen LogP contribution in [-0.2, 0) is 18.7 Å². The number of carbonyl (C=O) groups is 2. The molecule has 0 aromatic rings. The number of carboxylic acids is 1. The fraction of sp³-hybridized carbons (Fsp3) is 0. The Morgan fingerprint density at radius 2 is 1.58 bits per heavy atom. The molecule has 0 heterocycles. The van der Waals surface area contributed by atoms with Crippen molar-refractivity contribution in [3.63, 3.8) is 0 Å². The summed E-state index contributed by atoms with van der Waals surface area (Å²) in [5.41, 5.74) is 0. The summed E-state index contributed by atoms with van der Waals surface area (Å²) >= 11 is 0. The maximum atomic E-state index is 9.84. The molecule has 0 aliphatic heterocycles. The van der Waals surface area contributed by atoms with Gasteiger partial charge in [-0.05, 0) is 0 Å². The van der Waals surface area contributed by atoms with Crippen LogP contribution < -0.4 is 0 Å². The standard InChI is InChI=1S/C2H3O7P.2Ba.4H/c3-1(4)2(5)9-10(6,7)8;;;;;;/h(H,3,4)(H2,6,7,8);;;;;;/q;2*+2;4*-1. The number of carboxylic acid groups (broad SMARTS) is 1. The molecule has 0 saturated carbocycles. The van der Waals surface area contributed by atoms with Gasteiger partial charge in [-0.2, -0.15) is 0 Å². The van der Waals surface area contributed by atoms with Gasteiger partial charge in [0, 0.05) is 0 Å². The molecule has 0 amide bonds. The molecule has 0 unspecified atom stereocenters. The Bertz CT molecular complexity index is 220. The molecule has 0 aliphatic rings. The van der Waals surface area contributed by atoms with Crippen molar-refractivity contribution in [2.75, 3.05) is 0 Å². The van der Waals surface area contributed by atoms with E-state index in [0.29, 0.717) is 0 Å². The second-order valence-electron chi connectivity index (χ2n) is 1.17. The average Bonchev–Trinajstić information content (AvgIpc) is 1.60. The summed E-state index contributed by atoms with van der Waals surface area (Å²) in [6.45, 7) is 0. The van der Waals surface area contributed by atoms with Crippen LogP contribution in [0, 0.1) is 0 Å². The van der Waals surface area contributed by atoms with Gasteiger partial charge in [-0.1, -0.05) is 0 Å². The van der Waals surface area contributed by atoms with Crippen LogP contribution >= 0.6 is 7.82 Å². The molecule has 0 aliphatic carbocycles. The minimum absolute atomic E-state index is 0. The van der Waals surface area contributed by atoms with E-state index in [4.69, 9.17) is 14.9 Å². The molecule has 0 aromatic heterocycles. The van der Waals surface area contributed by atoms with Crippen LogP contribution in [0.25, 0.3) is 0 Å². The Hall–Kier alpha value is 2.23. The molecule has 0 saturated heterocycles. The van der Waals surface area contributed by atoms with Crippen LogP contribution in [0.15, 0.2) is 0 Å². The Kier molecular flexibility index (Phi) is 14.0. The van der Waals surface area contributed by atoms with Gasteiger partial charge in [0.2, 0.25) is 0 Å². The normalized spacial score (nSPS) is 8.83. The molecular formula is C2H7Ba2O7P. The van der Waals surface area contributed by atoms with Crippen LogP contribution in [0.3, 0.4) is 0 Å². The fourth-order valence-corrected chi connectivity index (χ4v) is 0.441. The van der Waals surface area contributed by atoms with Crippen molar-refractivity contribution in [3.8, 4) is 0 Å². The van der Waals surface area contributed by atoms with Gasteiger partial charge in [0.15, 0.2) is 0 Å². The molecule has 0 radical (unpaired) electrons. The SMILES string of the molecule is O=C(O)C(=O)OP(=O)(O)O.[Ba+2].[Ba+2].[H-].[H-].[H-].[H-]. The quantitative estimate of drug-likeness (QED) is 0.251. The Labute approximate surface area is 154 Å². The number of hydrogen-bond donors (Lipinski definition) is 3. The molecule has 10 heteroatoms. The molecule has 0 aromatic carbocycles. The molecule has 0 atom stereocenters. The molecule has 3 N–H and O–H groups in total. The number of phosphoric acid groups is 1. The zero-order valence-electron chi connectivity index (χ0n) is 9.84. The van der Waals surface area contributed by atoms with E-state index in [2.05, 4.69) is 4.52 Å². The second kappa shape index (κ2) is 8.53. The first-order chi connectivity index (χ1) is 4.33. The van der Waals surface area contributed by atoms with Crippen LogP contribution in [0.5, 0.6) is 0 Å². The summed E-state index contributed by atoms with van der Waals surface area (Å²) in [4.78, 5) is 35.1. The summed E-state index contributed by atoms with van der Waals surface area (Å²) in [5, 5.41) is 7.73. The van der Waals surface area contributed by atoms with Crippen molar-refractivity contribution in [3.05, 3.63) is 0 Å². The van der Waals surface area contributed by atoms with Gasteiger partial charge < -0.3 is 15.3 Å². The minimum atomic E-state index is -5.01. The van der Waals surface area contributed by atoms with E-state index < -0.39 is 19.8 Å². The predicted octanol–water partition coefficient (Wildman–Crippen LogP) is -1.60. The van der Waals surface area contributed by atoms with Crippen molar-refractivity contribution in [2.24, 2.45) is 0 Å². The maximum Gasteiger partial charge on any atom is 2.00 e. The Balaban J connectivity index is -0.0000000270. The molecule has 0 spiro atoms. The molecule has 66 valence electrons. The Morgan fingerprint density at radius 3 is 1.67 bits per heavy atom. The van der Waals surface area contributed by atoms with Gasteiger partial charge in [0.25, 0.3) is 0 Å². The smallest absolute Gasteiger partial charge is 1.00 e. The molecule has 0 fully saturated rings. The summed E-state index contributed by atoms with van der Waals surface area (Å²) in [6.07, 6.45) is 0. The van der Waals surface area contributed by atoms with E-state index in [1.54, 1.807) is 0 Å². The van der Waals surface area contributed by atoms with E-state index >= 15 is 0 Å². The first-order valence-electron chi connectivity index (χ1n) is 1.85. The van der Waals surface area contributed by atoms with Gasteiger partial charge in [-0.3, -0.25) is 9.79 Å². The zero-order valence-corrected chi connectivity index (χ0v) is 15.6. The van der Waals surface area contributed by atoms with Crippen LogP contribution in [-0.4, -0.2) is 125 Å². The van der Waals surface area contributed by atoms with Crippen molar-refractivity contribution in [2.45, 2.75) is 0 Å². The minimum Gasteiger partial charge on any atom is -1.00 e. The van der Waals surface area contributed by atoms with E-state index in [0.717, 1.165) is 0 Å². The first-order valence-corrected chi connectivity index (χ1v) is 3.38. The Morgan fingerprint density at radius 1 is 1.25 bits per heavy atom. The molecule has 12 heavy (non-hydrogen) atoms. The third-order valence-corrected chi connectivity index (χ3v) is 0.780.